The largest absolute Gasteiger partial charge is 0.471 e. The SMILES string of the molecule is CC(C)(C)Sc1cnc2c(c1)CN(C(=O)C(F)(F)F)CC2. The average Bonchev–Trinajstić information content (AvgIpc) is 2.34. The first kappa shape index (κ1) is 16.1. The topological polar surface area (TPSA) is 33.2 Å². The van der Waals surface area contributed by atoms with Gasteiger partial charge < -0.3 is 4.90 Å². The number of pyridine rings is 1. The van der Waals surface area contributed by atoms with Gasteiger partial charge in [-0.15, -0.1) is 11.8 Å². The Bertz CT molecular complexity index is 552. The zero-order valence-corrected chi connectivity index (χ0v) is 12.9. The summed E-state index contributed by atoms with van der Waals surface area (Å²) < 4.78 is 37.5. The van der Waals surface area contributed by atoms with Crippen molar-refractivity contribution in [1.82, 2.24) is 9.88 Å². The fourth-order valence-electron chi connectivity index (χ4n) is 2.17. The molecule has 0 N–H and O–H groups in total. The first-order valence-electron chi connectivity index (χ1n) is 6.59. The Hall–Kier alpha value is -1.24. The number of hydrogen-bond donors (Lipinski definition) is 0. The number of fused-ring (bicyclic) bond motifs is 1. The van der Waals surface area contributed by atoms with Gasteiger partial charge in [0.25, 0.3) is 0 Å². The number of carbonyl (C=O) groups excluding carboxylic acids is 1. The number of nitrogens with zero attached hydrogens (tertiary/aromatic N) is 2. The van der Waals surface area contributed by atoms with E-state index < -0.39 is 12.1 Å². The minimum atomic E-state index is -4.82. The Balaban J connectivity index is 2.19. The number of hydrogen-bond acceptors (Lipinski definition) is 3. The van der Waals surface area contributed by atoms with E-state index >= 15 is 0 Å². The summed E-state index contributed by atoms with van der Waals surface area (Å²) in [5.74, 6) is -1.78. The van der Waals surface area contributed by atoms with Crippen LogP contribution in [0.3, 0.4) is 0 Å². The lowest BCUT2D eigenvalue weighted by Gasteiger charge is -2.29. The quantitative estimate of drug-likeness (QED) is 0.744. The van der Waals surface area contributed by atoms with E-state index in [1.807, 2.05) is 6.07 Å². The maximum atomic E-state index is 12.5. The van der Waals surface area contributed by atoms with E-state index in [9.17, 15) is 18.0 Å². The van der Waals surface area contributed by atoms with E-state index in [1.165, 1.54) is 0 Å². The molecule has 0 fully saturated rings. The van der Waals surface area contributed by atoms with Crippen LogP contribution in [0.1, 0.15) is 32.0 Å². The van der Waals surface area contributed by atoms with E-state index in [0.29, 0.717) is 12.0 Å². The molecular formula is C14H17F3N2OS. The van der Waals surface area contributed by atoms with Gasteiger partial charge in [0, 0.05) is 41.0 Å². The molecule has 0 aliphatic carbocycles. The summed E-state index contributed by atoms with van der Waals surface area (Å²) in [7, 11) is 0. The Morgan fingerprint density at radius 3 is 2.57 bits per heavy atom. The molecule has 1 aromatic rings. The third kappa shape index (κ3) is 4.12. The summed E-state index contributed by atoms with van der Waals surface area (Å²) in [5, 5.41) is 0. The molecule has 116 valence electrons. The van der Waals surface area contributed by atoms with E-state index in [2.05, 4.69) is 25.8 Å². The smallest absolute Gasteiger partial charge is 0.330 e. The Morgan fingerprint density at radius 1 is 1.33 bits per heavy atom. The van der Waals surface area contributed by atoms with Gasteiger partial charge in [-0.3, -0.25) is 9.78 Å². The highest BCUT2D eigenvalue weighted by Crippen LogP contribution is 2.33. The molecule has 1 amide bonds. The van der Waals surface area contributed by atoms with Crippen LogP contribution < -0.4 is 0 Å². The maximum absolute atomic E-state index is 12.5. The first-order chi connectivity index (χ1) is 9.56. The number of aromatic nitrogens is 1. The Morgan fingerprint density at radius 2 is 2.00 bits per heavy atom. The van der Waals surface area contributed by atoms with Crippen LogP contribution in [0, 0.1) is 0 Å². The van der Waals surface area contributed by atoms with Crippen LogP contribution in [0.4, 0.5) is 13.2 Å². The molecule has 0 bridgehead atoms. The lowest BCUT2D eigenvalue weighted by molar-refractivity contribution is -0.186. The highest BCUT2D eigenvalue weighted by molar-refractivity contribution is 8.00. The molecule has 0 unspecified atom stereocenters. The van der Waals surface area contributed by atoms with Crippen LogP contribution in [0.2, 0.25) is 0 Å². The van der Waals surface area contributed by atoms with Crippen molar-refractivity contribution in [3.63, 3.8) is 0 Å². The van der Waals surface area contributed by atoms with Crippen molar-refractivity contribution >= 4 is 17.7 Å². The molecule has 7 heteroatoms. The van der Waals surface area contributed by atoms with Crippen LogP contribution in [-0.2, 0) is 17.8 Å². The summed E-state index contributed by atoms with van der Waals surface area (Å²) in [6, 6.07) is 1.84. The molecule has 1 aliphatic heterocycles. The van der Waals surface area contributed by atoms with Gasteiger partial charge in [-0.1, -0.05) is 20.8 Å². The molecule has 2 rings (SSSR count). The summed E-state index contributed by atoms with van der Waals surface area (Å²) in [4.78, 5) is 17.4. The molecule has 1 aliphatic rings. The van der Waals surface area contributed by atoms with Crippen molar-refractivity contribution in [3.05, 3.63) is 23.5 Å². The van der Waals surface area contributed by atoms with E-state index in [0.717, 1.165) is 15.5 Å². The van der Waals surface area contributed by atoms with Gasteiger partial charge in [-0.2, -0.15) is 13.2 Å². The standard InChI is InChI=1S/C14H17F3N2OS/c1-13(2,3)21-10-6-9-8-19(12(20)14(15,16)17)5-4-11(9)18-7-10/h6-7H,4-5,8H2,1-3H3. The van der Waals surface area contributed by atoms with Crippen LogP contribution >= 0.6 is 11.8 Å². The van der Waals surface area contributed by atoms with Crippen LogP contribution in [0.5, 0.6) is 0 Å². The number of amides is 1. The number of halogens is 3. The molecule has 0 saturated carbocycles. The van der Waals surface area contributed by atoms with Gasteiger partial charge in [0.1, 0.15) is 0 Å². The third-order valence-electron chi connectivity index (χ3n) is 2.97. The minimum absolute atomic E-state index is 0.00788. The monoisotopic (exact) mass is 318 g/mol. The van der Waals surface area contributed by atoms with Gasteiger partial charge >= 0.3 is 12.1 Å². The van der Waals surface area contributed by atoms with Crippen molar-refractivity contribution in [2.24, 2.45) is 0 Å². The lowest BCUT2D eigenvalue weighted by atomic mass is 10.1. The van der Waals surface area contributed by atoms with Crippen molar-refractivity contribution in [1.29, 1.82) is 0 Å². The molecule has 1 aromatic heterocycles. The first-order valence-corrected chi connectivity index (χ1v) is 7.41. The average molecular weight is 318 g/mol. The van der Waals surface area contributed by atoms with Crippen molar-refractivity contribution in [2.75, 3.05) is 6.54 Å². The molecule has 2 heterocycles. The highest BCUT2D eigenvalue weighted by atomic mass is 32.2. The zero-order valence-electron chi connectivity index (χ0n) is 12.1. The van der Waals surface area contributed by atoms with Crippen LogP contribution in [-0.4, -0.2) is 33.3 Å². The van der Waals surface area contributed by atoms with Gasteiger partial charge in [0.15, 0.2) is 0 Å². The Labute approximate surface area is 125 Å². The fraction of sp³-hybridized carbons (Fsp3) is 0.571. The number of alkyl halides is 3. The maximum Gasteiger partial charge on any atom is 0.471 e. The second-order valence-corrected chi connectivity index (χ2v) is 7.87. The zero-order chi connectivity index (χ0) is 15.8. The van der Waals surface area contributed by atoms with E-state index in [1.54, 1.807) is 18.0 Å². The minimum Gasteiger partial charge on any atom is -0.330 e. The lowest BCUT2D eigenvalue weighted by Crippen LogP contribution is -2.43. The van der Waals surface area contributed by atoms with Crippen molar-refractivity contribution < 1.29 is 18.0 Å². The van der Waals surface area contributed by atoms with Crippen LogP contribution in [0.15, 0.2) is 17.2 Å². The summed E-state index contributed by atoms with van der Waals surface area (Å²) in [5.41, 5.74) is 1.48. The summed E-state index contributed by atoms with van der Waals surface area (Å²) in [6.07, 6.45) is -2.71. The molecule has 0 atom stereocenters. The number of rotatable bonds is 1. The number of thioether (sulfide) groups is 1. The van der Waals surface area contributed by atoms with E-state index in [4.69, 9.17) is 0 Å². The van der Waals surface area contributed by atoms with Crippen molar-refractivity contribution in [3.8, 4) is 0 Å². The molecule has 0 spiro atoms. The van der Waals surface area contributed by atoms with Gasteiger partial charge in [0.05, 0.1) is 0 Å². The second kappa shape index (κ2) is 5.51. The molecular weight excluding hydrogens is 301 g/mol. The Kier molecular flexibility index (Phi) is 4.24. The van der Waals surface area contributed by atoms with Crippen molar-refractivity contribution in [2.45, 2.75) is 49.6 Å². The molecule has 0 aromatic carbocycles. The molecule has 0 radical (unpaired) electrons. The fourth-order valence-corrected chi connectivity index (χ4v) is 3.18. The predicted molar refractivity (Wildman–Crippen MR) is 75.0 cm³/mol. The highest BCUT2D eigenvalue weighted by Gasteiger charge is 2.43. The normalized spacial score (nSPS) is 15.8. The third-order valence-corrected chi connectivity index (χ3v) is 4.04. The van der Waals surface area contributed by atoms with Gasteiger partial charge in [0.2, 0.25) is 0 Å². The molecule has 21 heavy (non-hydrogen) atoms. The summed E-state index contributed by atoms with van der Waals surface area (Å²) in [6.45, 7) is 6.19. The predicted octanol–water partition coefficient (Wildman–Crippen LogP) is 3.42. The van der Waals surface area contributed by atoms with E-state index in [-0.39, 0.29) is 17.8 Å². The summed E-state index contributed by atoms with van der Waals surface area (Å²) >= 11 is 1.60. The van der Waals surface area contributed by atoms with Gasteiger partial charge in [-0.05, 0) is 11.6 Å². The number of carbonyl (C=O) groups is 1. The molecule has 0 saturated heterocycles. The second-order valence-electron chi connectivity index (χ2n) is 5.97. The van der Waals surface area contributed by atoms with Crippen LogP contribution in [0.25, 0.3) is 0 Å². The molecule has 3 nitrogen and oxygen atoms in total. The van der Waals surface area contributed by atoms with Gasteiger partial charge in [-0.25, -0.2) is 0 Å².